The van der Waals surface area contributed by atoms with Crippen LogP contribution in [0.4, 0.5) is 5.82 Å². The van der Waals surface area contributed by atoms with Crippen LogP contribution < -0.4 is 14.8 Å². The van der Waals surface area contributed by atoms with Gasteiger partial charge in [0.15, 0.2) is 5.82 Å². The van der Waals surface area contributed by atoms with Gasteiger partial charge < -0.3 is 19.5 Å². The number of aromatic nitrogens is 2. The lowest BCUT2D eigenvalue weighted by molar-refractivity contribution is 0.102. The van der Waals surface area contributed by atoms with Gasteiger partial charge in [0.05, 0.1) is 19.9 Å². The number of carbonyl (C=O) groups excluding carboxylic acids is 1. The molecule has 0 aliphatic rings. The molecule has 3 aromatic rings. The number of nitrogens with zero attached hydrogens (tertiary/aromatic N) is 2. The summed E-state index contributed by atoms with van der Waals surface area (Å²) >= 11 is 0. The molecular formula is C24H25N3O4. The minimum absolute atomic E-state index is 0.290. The van der Waals surface area contributed by atoms with Crippen molar-refractivity contribution in [3.8, 4) is 11.5 Å². The summed E-state index contributed by atoms with van der Waals surface area (Å²) in [5.41, 5.74) is 2.31. The van der Waals surface area contributed by atoms with E-state index in [1.165, 1.54) is 12.4 Å². The van der Waals surface area contributed by atoms with E-state index in [-0.39, 0.29) is 5.91 Å². The predicted octanol–water partition coefficient (Wildman–Crippen LogP) is 4.32. The quantitative estimate of drug-likeness (QED) is 0.389. The summed E-state index contributed by atoms with van der Waals surface area (Å²) in [5.74, 6) is 1.50. The Kier molecular flexibility index (Phi) is 8.13. The van der Waals surface area contributed by atoms with Gasteiger partial charge in [-0.25, -0.2) is 4.98 Å². The first-order chi connectivity index (χ1) is 15.2. The van der Waals surface area contributed by atoms with Crippen LogP contribution >= 0.6 is 0 Å². The van der Waals surface area contributed by atoms with Gasteiger partial charge in [-0.05, 0) is 41.5 Å². The summed E-state index contributed by atoms with van der Waals surface area (Å²) in [6.45, 7) is 1.10. The molecule has 3 rings (SSSR count). The lowest BCUT2D eigenvalue weighted by Crippen LogP contribution is -2.13. The summed E-state index contributed by atoms with van der Waals surface area (Å²) in [7, 11) is 3.29. The van der Waals surface area contributed by atoms with Gasteiger partial charge in [-0.1, -0.05) is 24.3 Å². The molecule has 160 valence electrons. The van der Waals surface area contributed by atoms with Crippen LogP contribution in [-0.4, -0.2) is 43.3 Å². The van der Waals surface area contributed by atoms with Crippen molar-refractivity contribution in [2.45, 2.75) is 6.42 Å². The standard InChI is InChI=1S/C24H25N3O4/c1-29-12-3-13-31-22-15-19(5-4-18-6-8-21(30-2)9-7-18)14-20(16-22)24(28)27-23-17-25-10-11-26-23/h4-11,14-17H,3,12-13H2,1-2H3,(H,26,27,28)/b5-4+. The van der Waals surface area contributed by atoms with E-state index < -0.39 is 0 Å². The molecule has 0 atom stereocenters. The van der Waals surface area contributed by atoms with Crippen LogP contribution in [0, 0.1) is 0 Å². The first-order valence-electron chi connectivity index (χ1n) is 9.84. The first kappa shape index (κ1) is 22.0. The Balaban J connectivity index is 1.81. The molecular weight excluding hydrogens is 394 g/mol. The van der Waals surface area contributed by atoms with E-state index in [0.29, 0.717) is 30.3 Å². The SMILES string of the molecule is COCCCOc1cc(/C=C/c2ccc(OC)cc2)cc(C(=O)Nc2cnccn2)c1. The van der Waals surface area contributed by atoms with Crippen LogP contribution in [0.2, 0.25) is 0 Å². The molecule has 0 aliphatic carbocycles. The zero-order chi connectivity index (χ0) is 21.9. The number of anilines is 1. The third-order valence-corrected chi connectivity index (χ3v) is 4.34. The Morgan fingerprint density at radius 2 is 1.77 bits per heavy atom. The Morgan fingerprint density at radius 3 is 2.48 bits per heavy atom. The number of methoxy groups -OCH3 is 2. The van der Waals surface area contributed by atoms with Gasteiger partial charge in [0.2, 0.25) is 0 Å². The van der Waals surface area contributed by atoms with Crippen LogP contribution in [0.15, 0.2) is 61.1 Å². The molecule has 1 amide bonds. The van der Waals surface area contributed by atoms with Crippen molar-refractivity contribution >= 4 is 23.9 Å². The van der Waals surface area contributed by atoms with Crippen molar-refractivity contribution in [2.75, 3.05) is 32.8 Å². The van der Waals surface area contributed by atoms with E-state index in [1.54, 1.807) is 32.5 Å². The largest absolute Gasteiger partial charge is 0.497 e. The second-order valence-corrected chi connectivity index (χ2v) is 6.64. The molecule has 2 aromatic carbocycles. The maximum Gasteiger partial charge on any atom is 0.257 e. The van der Waals surface area contributed by atoms with Crippen LogP contribution in [0.3, 0.4) is 0 Å². The number of hydrogen-bond acceptors (Lipinski definition) is 6. The number of rotatable bonds is 10. The Hall–Kier alpha value is -3.71. The summed E-state index contributed by atoms with van der Waals surface area (Å²) in [4.78, 5) is 20.8. The summed E-state index contributed by atoms with van der Waals surface area (Å²) in [6, 6.07) is 13.1. The van der Waals surface area contributed by atoms with Gasteiger partial charge in [0.25, 0.3) is 5.91 Å². The molecule has 0 aliphatic heterocycles. The Bertz CT molecular complexity index is 1010. The average Bonchev–Trinajstić information content (AvgIpc) is 2.81. The van der Waals surface area contributed by atoms with E-state index >= 15 is 0 Å². The summed E-state index contributed by atoms with van der Waals surface area (Å²) < 4.78 is 16.1. The third kappa shape index (κ3) is 6.94. The highest BCUT2D eigenvalue weighted by molar-refractivity contribution is 6.04. The number of benzene rings is 2. The van der Waals surface area contributed by atoms with Crippen LogP contribution in [-0.2, 0) is 4.74 Å². The van der Waals surface area contributed by atoms with Crippen molar-refractivity contribution < 1.29 is 19.0 Å². The van der Waals surface area contributed by atoms with Gasteiger partial charge in [0, 0.05) is 38.1 Å². The van der Waals surface area contributed by atoms with Crippen molar-refractivity contribution in [1.82, 2.24) is 9.97 Å². The van der Waals surface area contributed by atoms with Crippen molar-refractivity contribution in [3.63, 3.8) is 0 Å². The fourth-order valence-electron chi connectivity index (χ4n) is 2.79. The van der Waals surface area contributed by atoms with Crippen LogP contribution in [0.25, 0.3) is 12.2 Å². The fraction of sp³-hybridized carbons (Fsp3) is 0.208. The second kappa shape index (κ2) is 11.5. The zero-order valence-electron chi connectivity index (χ0n) is 17.6. The predicted molar refractivity (Wildman–Crippen MR) is 120 cm³/mol. The number of amides is 1. The van der Waals surface area contributed by atoms with Crippen LogP contribution in [0.1, 0.15) is 27.9 Å². The minimum atomic E-state index is -0.290. The third-order valence-electron chi connectivity index (χ3n) is 4.34. The molecule has 0 saturated carbocycles. The fourth-order valence-corrected chi connectivity index (χ4v) is 2.79. The zero-order valence-corrected chi connectivity index (χ0v) is 17.6. The number of nitrogens with one attached hydrogen (secondary N) is 1. The van der Waals surface area contributed by atoms with E-state index in [0.717, 1.165) is 23.3 Å². The summed E-state index contributed by atoms with van der Waals surface area (Å²) in [6.07, 6.45) is 9.22. The topological polar surface area (TPSA) is 82.6 Å². The van der Waals surface area contributed by atoms with E-state index in [2.05, 4.69) is 15.3 Å². The number of ether oxygens (including phenoxy) is 3. The maximum absolute atomic E-state index is 12.7. The molecule has 0 unspecified atom stereocenters. The van der Waals surface area contributed by atoms with E-state index in [9.17, 15) is 4.79 Å². The highest BCUT2D eigenvalue weighted by Crippen LogP contribution is 2.21. The molecule has 0 fully saturated rings. The smallest absolute Gasteiger partial charge is 0.257 e. The van der Waals surface area contributed by atoms with Crippen molar-refractivity contribution in [2.24, 2.45) is 0 Å². The summed E-state index contributed by atoms with van der Waals surface area (Å²) in [5, 5.41) is 2.75. The monoisotopic (exact) mass is 419 g/mol. The molecule has 1 aromatic heterocycles. The molecule has 1 heterocycles. The molecule has 31 heavy (non-hydrogen) atoms. The molecule has 7 nitrogen and oxygen atoms in total. The average molecular weight is 419 g/mol. The van der Waals surface area contributed by atoms with E-state index in [4.69, 9.17) is 14.2 Å². The molecule has 7 heteroatoms. The van der Waals surface area contributed by atoms with Gasteiger partial charge in [-0.3, -0.25) is 9.78 Å². The van der Waals surface area contributed by atoms with Gasteiger partial charge in [-0.2, -0.15) is 0 Å². The number of carbonyl (C=O) groups is 1. The molecule has 1 N–H and O–H groups in total. The highest BCUT2D eigenvalue weighted by atomic mass is 16.5. The van der Waals surface area contributed by atoms with Gasteiger partial charge >= 0.3 is 0 Å². The number of hydrogen-bond donors (Lipinski definition) is 1. The first-order valence-corrected chi connectivity index (χ1v) is 9.84. The van der Waals surface area contributed by atoms with Gasteiger partial charge in [-0.15, -0.1) is 0 Å². The second-order valence-electron chi connectivity index (χ2n) is 6.64. The Morgan fingerprint density at radius 1 is 0.968 bits per heavy atom. The molecule has 0 bridgehead atoms. The van der Waals surface area contributed by atoms with Crippen LogP contribution in [0.5, 0.6) is 11.5 Å². The lowest BCUT2D eigenvalue weighted by atomic mass is 10.1. The normalized spacial score (nSPS) is 10.8. The van der Waals surface area contributed by atoms with Gasteiger partial charge in [0.1, 0.15) is 11.5 Å². The van der Waals surface area contributed by atoms with E-state index in [1.807, 2.05) is 42.5 Å². The molecule has 0 radical (unpaired) electrons. The minimum Gasteiger partial charge on any atom is -0.497 e. The molecule has 0 spiro atoms. The maximum atomic E-state index is 12.7. The van der Waals surface area contributed by atoms with Crippen molar-refractivity contribution in [1.29, 1.82) is 0 Å². The highest BCUT2D eigenvalue weighted by Gasteiger charge is 2.10. The lowest BCUT2D eigenvalue weighted by Gasteiger charge is -2.10. The van der Waals surface area contributed by atoms with Crippen molar-refractivity contribution in [3.05, 3.63) is 77.7 Å². The Labute approximate surface area is 181 Å². The molecule has 0 saturated heterocycles.